The molecule has 2 bridgehead atoms. The SMILES string of the molecule is O=C(N[C@@H]1CN2CCC1CC2)c1nn(CCOc2ccccc2)c2cc(-c3nccs3)ccc12.O=CO. The van der Waals surface area contributed by atoms with E-state index >= 15 is 0 Å². The van der Waals surface area contributed by atoms with Crippen LogP contribution in [0.2, 0.25) is 0 Å². The van der Waals surface area contributed by atoms with Crippen LogP contribution >= 0.6 is 11.3 Å². The van der Waals surface area contributed by atoms with Crippen molar-refractivity contribution in [1.29, 1.82) is 0 Å². The maximum absolute atomic E-state index is 13.4. The fourth-order valence-corrected chi connectivity index (χ4v) is 5.78. The van der Waals surface area contributed by atoms with Crippen molar-refractivity contribution in [2.45, 2.75) is 25.4 Å². The number of ether oxygens (including phenoxy) is 1. The number of piperidine rings is 3. The average Bonchev–Trinajstić information content (AvgIpc) is 3.59. The predicted octanol–water partition coefficient (Wildman–Crippen LogP) is 3.76. The number of benzene rings is 2. The zero-order chi connectivity index (χ0) is 25.6. The number of nitrogens with zero attached hydrogens (tertiary/aromatic N) is 4. The van der Waals surface area contributed by atoms with E-state index in [-0.39, 0.29) is 18.4 Å². The van der Waals surface area contributed by atoms with Crippen molar-refractivity contribution < 1.29 is 19.4 Å². The molecule has 3 saturated heterocycles. The first kappa shape index (κ1) is 24.9. The van der Waals surface area contributed by atoms with Crippen LogP contribution in [0.3, 0.4) is 0 Å². The van der Waals surface area contributed by atoms with Gasteiger partial charge >= 0.3 is 0 Å². The van der Waals surface area contributed by atoms with Crippen molar-refractivity contribution in [3.63, 3.8) is 0 Å². The molecule has 3 aliphatic rings. The second-order valence-corrected chi connectivity index (χ2v) is 10.0. The quantitative estimate of drug-likeness (QED) is 0.358. The van der Waals surface area contributed by atoms with Crippen LogP contribution < -0.4 is 10.1 Å². The number of carboxylic acid groups (broad SMARTS) is 1. The summed E-state index contributed by atoms with van der Waals surface area (Å²) in [7, 11) is 0. The van der Waals surface area contributed by atoms with E-state index in [4.69, 9.17) is 19.7 Å². The Balaban J connectivity index is 0.000000892. The minimum atomic E-state index is -0.250. The molecule has 10 heteroatoms. The molecular weight excluding hydrogens is 490 g/mol. The minimum absolute atomic E-state index is 0.0894. The highest BCUT2D eigenvalue weighted by molar-refractivity contribution is 7.13. The lowest BCUT2D eigenvalue weighted by molar-refractivity contribution is -0.122. The number of para-hydroxylation sites is 1. The van der Waals surface area contributed by atoms with Gasteiger partial charge in [0.15, 0.2) is 5.69 Å². The fourth-order valence-electron chi connectivity index (χ4n) is 5.14. The third kappa shape index (κ3) is 5.65. The average molecular weight is 520 g/mol. The molecule has 0 unspecified atom stereocenters. The summed E-state index contributed by atoms with van der Waals surface area (Å²) >= 11 is 1.60. The standard InChI is InChI=1S/C26H27N5O2S.CH2O2/c32-25(28-22-17-30-11-8-18(22)9-12-30)24-21-7-6-19(26-27-10-15-34-26)16-23(21)31(29-24)13-14-33-20-4-2-1-3-5-20;2-1-3/h1-7,10,15-16,18,22H,8-9,11-14,17H2,(H,28,32);1H,(H,2,3)/t22-;/m1./s1. The van der Waals surface area contributed by atoms with Crippen LogP contribution in [-0.4, -0.2) is 69.4 Å². The number of thiazole rings is 1. The fraction of sp³-hybridized carbons (Fsp3) is 0.333. The minimum Gasteiger partial charge on any atom is -0.492 e. The Bertz CT molecular complexity index is 1330. The predicted molar refractivity (Wildman–Crippen MR) is 142 cm³/mol. The van der Waals surface area contributed by atoms with Crippen molar-refractivity contribution in [3.05, 3.63) is 65.8 Å². The molecule has 3 fully saturated rings. The molecule has 192 valence electrons. The first-order chi connectivity index (χ1) is 18.2. The van der Waals surface area contributed by atoms with Gasteiger partial charge in [0.25, 0.3) is 12.4 Å². The van der Waals surface area contributed by atoms with Gasteiger partial charge < -0.3 is 20.1 Å². The van der Waals surface area contributed by atoms with Crippen molar-refractivity contribution in [2.24, 2.45) is 5.92 Å². The number of carbonyl (C=O) groups excluding carboxylic acids is 1. The van der Waals surface area contributed by atoms with Crippen LogP contribution in [0.25, 0.3) is 21.5 Å². The molecule has 0 radical (unpaired) electrons. The van der Waals surface area contributed by atoms with Crippen molar-refractivity contribution >= 4 is 34.6 Å². The number of carbonyl (C=O) groups is 2. The van der Waals surface area contributed by atoms with E-state index in [2.05, 4.69) is 21.3 Å². The lowest BCUT2D eigenvalue weighted by atomic mass is 9.84. The smallest absolute Gasteiger partial charge is 0.290 e. The number of rotatable bonds is 7. The lowest BCUT2D eigenvalue weighted by Gasteiger charge is -2.44. The highest BCUT2D eigenvalue weighted by Crippen LogP contribution is 2.30. The van der Waals surface area contributed by atoms with Gasteiger partial charge in [0.1, 0.15) is 17.4 Å². The van der Waals surface area contributed by atoms with E-state index in [0.717, 1.165) is 59.7 Å². The van der Waals surface area contributed by atoms with Crippen LogP contribution in [0.5, 0.6) is 5.75 Å². The summed E-state index contributed by atoms with van der Waals surface area (Å²) in [5.41, 5.74) is 2.43. The summed E-state index contributed by atoms with van der Waals surface area (Å²) < 4.78 is 7.80. The largest absolute Gasteiger partial charge is 0.492 e. The van der Waals surface area contributed by atoms with Gasteiger partial charge in [-0.05, 0) is 56.1 Å². The van der Waals surface area contributed by atoms with Crippen LogP contribution in [-0.2, 0) is 11.3 Å². The number of hydrogen-bond acceptors (Lipinski definition) is 7. The summed E-state index contributed by atoms with van der Waals surface area (Å²) in [4.78, 5) is 28.6. The van der Waals surface area contributed by atoms with Crippen LogP contribution in [0.15, 0.2) is 60.1 Å². The van der Waals surface area contributed by atoms with Gasteiger partial charge in [-0.3, -0.25) is 14.3 Å². The summed E-state index contributed by atoms with van der Waals surface area (Å²) in [6.07, 6.45) is 4.13. The second kappa shape index (κ2) is 11.5. The third-order valence-corrected chi connectivity index (χ3v) is 7.76. The van der Waals surface area contributed by atoms with Gasteiger partial charge in [0, 0.05) is 35.1 Å². The molecule has 9 nitrogen and oxygen atoms in total. The number of aromatic nitrogens is 3. The van der Waals surface area contributed by atoms with E-state index in [1.54, 1.807) is 11.3 Å². The molecule has 1 amide bonds. The van der Waals surface area contributed by atoms with Crippen LogP contribution in [0, 0.1) is 5.92 Å². The number of amides is 1. The summed E-state index contributed by atoms with van der Waals surface area (Å²) in [5, 5.41) is 18.7. The molecule has 2 aromatic carbocycles. The number of nitrogens with one attached hydrogen (secondary N) is 1. The zero-order valence-electron chi connectivity index (χ0n) is 20.3. The molecule has 7 rings (SSSR count). The summed E-state index contributed by atoms with van der Waals surface area (Å²) in [5.74, 6) is 1.30. The molecule has 4 aromatic rings. The normalized spacial score (nSPS) is 20.2. The van der Waals surface area contributed by atoms with Gasteiger partial charge in [0.2, 0.25) is 0 Å². The van der Waals surface area contributed by atoms with Crippen molar-refractivity contribution in [3.8, 4) is 16.3 Å². The second-order valence-electron chi connectivity index (χ2n) is 9.13. The monoisotopic (exact) mass is 519 g/mol. The molecular formula is C27H29N5O4S. The molecule has 0 aliphatic carbocycles. The van der Waals surface area contributed by atoms with E-state index < -0.39 is 0 Å². The lowest BCUT2D eigenvalue weighted by Crippen LogP contribution is -2.57. The van der Waals surface area contributed by atoms with Crippen molar-refractivity contribution in [1.82, 2.24) is 25.0 Å². The van der Waals surface area contributed by atoms with Gasteiger partial charge in [0.05, 0.1) is 12.1 Å². The highest BCUT2D eigenvalue weighted by Gasteiger charge is 2.35. The summed E-state index contributed by atoms with van der Waals surface area (Å²) in [6, 6.07) is 16.1. The van der Waals surface area contributed by atoms with E-state index in [0.29, 0.717) is 24.8 Å². The molecule has 1 atom stereocenters. The van der Waals surface area contributed by atoms with E-state index in [9.17, 15) is 4.79 Å². The molecule has 0 spiro atoms. The Morgan fingerprint density at radius 2 is 1.97 bits per heavy atom. The highest BCUT2D eigenvalue weighted by atomic mass is 32.1. The zero-order valence-corrected chi connectivity index (χ0v) is 21.1. The molecule has 2 N–H and O–H groups in total. The van der Waals surface area contributed by atoms with Gasteiger partial charge in [-0.25, -0.2) is 4.98 Å². The van der Waals surface area contributed by atoms with Crippen molar-refractivity contribution in [2.75, 3.05) is 26.2 Å². The Hall–Kier alpha value is -3.76. The van der Waals surface area contributed by atoms with Crippen LogP contribution in [0.1, 0.15) is 23.3 Å². The molecule has 5 heterocycles. The van der Waals surface area contributed by atoms with E-state index in [1.165, 1.54) is 0 Å². The first-order valence-corrected chi connectivity index (χ1v) is 13.2. The maximum Gasteiger partial charge on any atom is 0.290 e. The topological polar surface area (TPSA) is 110 Å². The number of hydrogen-bond donors (Lipinski definition) is 2. The van der Waals surface area contributed by atoms with Gasteiger partial charge in [-0.2, -0.15) is 5.10 Å². The third-order valence-electron chi connectivity index (χ3n) is 6.93. The van der Waals surface area contributed by atoms with E-state index in [1.807, 2.05) is 58.7 Å². The summed E-state index contributed by atoms with van der Waals surface area (Å²) in [6.45, 7) is 3.99. The Morgan fingerprint density at radius 1 is 1.19 bits per heavy atom. The van der Waals surface area contributed by atoms with Crippen LogP contribution in [0.4, 0.5) is 0 Å². The molecule has 0 saturated carbocycles. The Labute approximate surface area is 218 Å². The Kier molecular flexibility index (Phi) is 7.76. The molecule has 2 aromatic heterocycles. The molecule has 3 aliphatic heterocycles. The van der Waals surface area contributed by atoms with Gasteiger partial charge in [-0.1, -0.05) is 24.3 Å². The number of fused-ring (bicyclic) bond motifs is 4. The Morgan fingerprint density at radius 3 is 2.65 bits per heavy atom. The first-order valence-electron chi connectivity index (χ1n) is 12.4. The van der Waals surface area contributed by atoms with Gasteiger partial charge in [-0.15, -0.1) is 11.3 Å². The maximum atomic E-state index is 13.4. The molecule has 37 heavy (non-hydrogen) atoms.